The summed E-state index contributed by atoms with van der Waals surface area (Å²) in [6.07, 6.45) is 3.97. The molecule has 1 aliphatic heterocycles. The van der Waals surface area contributed by atoms with Gasteiger partial charge in [-0.25, -0.2) is 0 Å². The highest BCUT2D eigenvalue weighted by Crippen LogP contribution is 2.05. The Bertz CT molecular complexity index is 370. The number of hydrogen-bond donors (Lipinski definition) is 1. The van der Waals surface area contributed by atoms with Crippen molar-refractivity contribution in [3.8, 4) is 0 Å². The van der Waals surface area contributed by atoms with Crippen molar-refractivity contribution in [2.45, 2.75) is 19.8 Å². The molecule has 1 saturated heterocycles. The second-order valence-electron chi connectivity index (χ2n) is 4.01. The van der Waals surface area contributed by atoms with Crippen molar-refractivity contribution >= 4 is 23.2 Å². The van der Waals surface area contributed by atoms with Gasteiger partial charge in [-0.2, -0.15) is 0 Å². The number of carbonyl (C=O) groups excluding carboxylic acids is 1. The summed E-state index contributed by atoms with van der Waals surface area (Å²) in [5, 5.41) is 6.40. The van der Waals surface area contributed by atoms with E-state index in [9.17, 15) is 4.79 Å². The molecular weight excluding hydrogens is 236 g/mol. The van der Waals surface area contributed by atoms with E-state index in [0.717, 1.165) is 18.7 Å². The number of hydrogen-bond acceptors (Lipinski definition) is 2. The summed E-state index contributed by atoms with van der Waals surface area (Å²) in [5.74, 6) is 0. The third-order valence-electron chi connectivity index (χ3n) is 2.60. The normalized spacial score (nSPS) is 13.9. The summed E-state index contributed by atoms with van der Waals surface area (Å²) in [6, 6.07) is 7.14. The Labute approximate surface area is 107 Å². The minimum absolute atomic E-state index is 0.403. The molecule has 2 rings (SSSR count). The van der Waals surface area contributed by atoms with Crippen LogP contribution >= 0.6 is 11.6 Å². The van der Waals surface area contributed by atoms with E-state index in [1.807, 2.05) is 24.0 Å². The fraction of sp³-hybridized carbons (Fsp3) is 0.385. The Hall–Kier alpha value is -1.35. The quantitative estimate of drug-likeness (QED) is 0.499. The van der Waals surface area contributed by atoms with Gasteiger partial charge in [-0.1, -0.05) is 17.7 Å². The van der Waals surface area contributed by atoms with E-state index in [1.165, 1.54) is 19.2 Å². The smallest absolute Gasteiger partial charge is 0.252 e. The molecule has 0 atom stereocenters. The number of likely N-dealkylation sites (tertiary alicyclic amines) is 1. The van der Waals surface area contributed by atoms with Gasteiger partial charge in [-0.3, -0.25) is 10.2 Å². The lowest BCUT2D eigenvalue weighted by atomic mass is 10.2. The molecule has 0 bridgehead atoms. The van der Waals surface area contributed by atoms with Gasteiger partial charge < -0.3 is 4.90 Å². The first-order valence-electron chi connectivity index (χ1n) is 5.64. The number of rotatable bonds is 2. The first-order chi connectivity index (χ1) is 8.13. The van der Waals surface area contributed by atoms with Crippen LogP contribution in [0.5, 0.6) is 0 Å². The topological polar surface area (TPSA) is 44.2 Å². The van der Waals surface area contributed by atoms with Crippen LogP contribution in [0.4, 0.5) is 0 Å². The fourth-order valence-electron chi connectivity index (χ4n) is 1.56. The zero-order valence-corrected chi connectivity index (χ0v) is 10.7. The van der Waals surface area contributed by atoms with Crippen LogP contribution in [0.1, 0.15) is 28.8 Å². The molecule has 1 aromatic carbocycles. The minimum Gasteiger partial charge on any atom is -0.363 e. The number of nitrogens with zero attached hydrogens (tertiary/aromatic N) is 1. The van der Waals surface area contributed by atoms with E-state index in [2.05, 4.69) is 0 Å². The van der Waals surface area contributed by atoms with Crippen LogP contribution in [0.25, 0.3) is 0 Å². The molecule has 4 heteroatoms. The average Bonchev–Trinajstić information content (AvgIpc) is 2.83. The molecule has 1 fully saturated rings. The summed E-state index contributed by atoms with van der Waals surface area (Å²) in [6.45, 7) is 4.16. The van der Waals surface area contributed by atoms with Crippen molar-refractivity contribution in [3.05, 3.63) is 35.4 Å². The summed E-state index contributed by atoms with van der Waals surface area (Å²) in [5.41, 5.74) is 1.67. The molecule has 0 aliphatic carbocycles. The second kappa shape index (κ2) is 7.07. The average molecular weight is 253 g/mol. The molecule has 0 amide bonds. The van der Waals surface area contributed by atoms with Crippen molar-refractivity contribution in [2.75, 3.05) is 13.1 Å². The van der Waals surface area contributed by atoms with E-state index in [0.29, 0.717) is 5.56 Å². The van der Waals surface area contributed by atoms with Crippen LogP contribution < -0.4 is 0 Å². The van der Waals surface area contributed by atoms with E-state index >= 15 is 0 Å². The zero-order valence-electron chi connectivity index (χ0n) is 9.95. The Morgan fingerprint density at radius 3 is 2.18 bits per heavy atom. The molecule has 17 heavy (non-hydrogen) atoms. The first-order valence-corrected chi connectivity index (χ1v) is 6.02. The summed E-state index contributed by atoms with van der Waals surface area (Å²) in [7, 11) is 0. The molecule has 1 heterocycles. The molecule has 1 aromatic rings. The third kappa shape index (κ3) is 5.00. The molecule has 1 aliphatic rings. The fourth-order valence-corrected chi connectivity index (χ4v) is 1.68. The van der Waals surface area contributed by atoms with Gasteiger partial charge in [0.25, 0.3) is 5.24 Å². The maximum Gasteiger partial charge on any atom is 0.252 e. The van der Waals surface area contributed by atoms with Gasteiger partial charge >= 0.3 is 0 Å². The van der Waals surface area contributed by atoms with Crippen molar-refractivity contribution in [3.63, 3.8) is 0 Å². The van der Waals surface area contributed by atoms with Crippen LogP contribution in [0.2, 0.25) is 0 Å². The molecule has 1 N–H and O–H groups in total. The number of benzene rings is 1. The largest absolute Gasteiger partial charge is 0.363 e. The minimum atomic E-state index is -0.403. The Balaban J connectivity index is 0.000000181. The summed E-state index contributed by atoms with van der Waals surface area (Å²) < 4.78 is 0. The van der Waals surface area contributed by atoms with E-state index < -0.39 is 5.24 Å². The Kier molecular flexibility index (Phi) is 5.70. The highest BCUT2D eigenvalue weighted by molar-refractivity contribution is 6.67. The van der Waals surface area contributed by atoms with Gasteiger partial charge in [-0.05, 0) is 43.5 Å². The molecule has 0 aromatic heterocycles. The van der Waals surface area contributed by atoms with Gasteiger partial charge in [-0.15, -0.1) is 0 Å². The lowest BCUT2D eigenvalue weighted by Gasteiger charge is -2.05. The predicted octanol–water partition coefficient (Wildman–Crippen LogP) is 3.06. The second-order valence-corrected chi connectivity index (χ2v) is 4.36. The Morgan fingerprint density at radius 1 is 1.29 bits per heavy atom. The first kappa shape index (κ1) is 13.7. The molecule has 92 valence electrons. The van der Waals surface area contributed by atoms with Gasteiger partial charge in [0.15, 0.2) is 0 Å². The number of aryl methyl sites for hydroxylation is 1. The van der Waals surface area contributed by atoms with E-state index in [1.54, 1.807) is 12.1 Å². The molecule has 0 spiro atoms. The zero-order chi connectivity index (χ0) is 12.7. The maximum atomic E-state index is 10.5. The van der Waals surface area contributed by atoms with Crippen molar-refractivity contribution in [1.29, 1.82) is 5.41 Å². The molecule has 0 radical (unpaired) electrons. The van der Waals surface area contributed by atoms with Crippen molar-refractivity contribution in [2.24, 2.45) is 0 Å². The lowest BCUT2D eigenvalue weighted by Crippen LogP contribution is -2.15. The van der Waals surface area contributed by atoms with Crippen LogP contribution in [-0.4, -0.2) is 29.6 Å². The predicted molar refractivity (Wildman–Crippen MR) is 71.0 cm³/mol. The van der Waals surface area contributed by atoms with Crippen LogP contribution in [0.3, 0.4) is 0 Å². The van der Waals surface area contributed by atoms with Gasteiger partial charge in [0.1, 0.15) is 0 Å². The van der Waals surface area contributed by atoms with Gasteiger partial charge in [0, 0.05) is 18.7 Å². The number of carbonyl (C=O) groups is 1. The SMILES string of the molecule is Cc1ccc(C(=O)Cl)cc1.N=CN1CCCC1. The highest BCUT2D eigenvalue weighted by Gasteiger charge is 2.04. The molecule has 0 unspecified atom stereocenters. The van der Waals surface area contributed by atoms with Crippen molar-refractivity contribution in [1.82, 2.24) is 4.90 Å². The standard InChI is InChI=1S/C8H7ClO.C5H10N2/c1-6-2-4-7(5-3-6)8(9)10;6-5-7-3-1-2-4-7/h2-5H,1H3;5-6H,1-4H2. The number of nitrogens with one attached hydrogen (secondary N) is 1. The highest BCUT2D eigenvalue weighted by atomic mass is 35.5. The summed E-state index contributed by atoms with van der Waals surface area (Å²) >= 11 is 5.22. The van der Waals surface area contributed by atoms with Crippen LogP contribution in [0.15, 0.2) is 24.3 Å². The third-order valence-corrected chi connectivity index (χ3v) is 2.82. The van der Waals surface area contributed by atoms with E-state index in [-0.39, 0.29) is 0 Å². The van der Waals surface area contributed by atoms with Gasteiger partial charge in [0.2, 0.25) is 0 Å². The molecule has 0 saturated carbocycles. The lowest BCUT2D eigenvalue weighted by molar-refractivity contribution is 0.108. The monoisotopic (exact) mass is 252 g/mol. The summed E-state index contributed by atoms with van der Waals surface area (Å²) in [4.78, 5) is 12.5. The molecular formula is C13H17ClN2O. The Morgan fingerprint density at radius 2 is 1.82 bits per heavy atom. The van der Waals surface area contributed by atoms with Crippen molar-refractivity contribution < 1.29 is 4.79 Å². The maximum absolute atomic E-state index is 10.5. The number of halogens is 1. The van der Waals surface area contributed by atoms with E-state index in [4.69, 9.17) is 17.0 Å². The van der Waals surface area contributed by atoms with Crippen LogP contribution in [0, 0.1) is 12.3 Å². The molecule has 3 nitrogen and oxygen atoms in total. The van der Waals surface area contributed by atoms with Crippen LogP contribution in [-0.2, 0) is 0 Å². The van der Waals surface area contributed by atoms with Gasteiger partial charge in [0.05, 0.1) is 6.34 Å².